The van der Waals surface area contributed by atoms with E-state index >= 15 is 0 Å². The highest BCUT2D eigenvalue weighted by Gasteiger charge is 2.25. The van der Waals surface area contributed by atoms with E-state index in [0.717, 1.165) is 16.8 Å². The molecule has 0 fully saturated rings. The lowest BCUT2D eigenvalue weighted by Gasteiger charge is -2.21. The summed E-state index contributed by atoms with van der Waals surface area (Å²) in [5.74, 6) is 0.721. The van der Waals surface area contributed by atoms with Gasteiger partial charge < -0.3 is 20.1 Å². The lowest BCUT2D eigenvalue weighted by molar-refractivity contribution is -0.118. The van der Waals surface area contributed by atoms with E-state index in [0.29, 0.717) is 35.4 Å². The van der Waals surface area contributed by atoms with Crippen molar-refractivity contribution in [1.29, 1.82) is 0 Å². The van der Waals surface area contributed by atoms with E-state index in [1.165, 1.54) is 11.3 Å². The van der Waals surface area contributed by atoms with Gasteiger partial charge in [-0.3, -0.25) is 9.59 Å². The van der Waals surface area contributed by atoms with Gasteiger partial charge in [-0.15, -0.1) is 11.3 Å². The van der Waals surface area contributed by atoms with E-state index < -0.39 is 6.04 Å². The molecular formula is C24H25N3O4S. The molecule has 0 bridgehead atoms. The highest BCUT2D eigenvalue weighted by atomic mass is 32.1. The zero-order chi connectivity index (χ0) is 22.7. The average molecular weight is 452 g/mol. The number of fused-ring (bicyclic) bond motifs is 1. The Kier molecular flexibility index (Phi) is 6.41. The molecule has 0 radical (unpaired) electrons. The summed E-state index contributed by atoms with van der Waals surface area (Å²) in [5.41, 5.74) is 3.19. The fraction of sp³-hybridized carbons (Fsp3) is 0.292. The number of carbonyl (C=O) groups excluding carboxylic acids is 2. The molecule has 166 valence electrons. The normalized spacial score (nSPS) is 13.5. The summed E-state index contributed by atoms with van der Waals surface area (Å²) >= 11 is 1.33. The number of nitrogens with zero attached hydrogens (tertiary/aromatic N) is 1. The van der Waals surface area contributed by atoms with E-state index in [-0.39, 0.29) is 17.7 Å². The molecular weight excluding hydrogens is 426 g/mol. The van der Waals surface area contributed by atoms with Gasteiger partial charge in [-0.1, -0.05) is 31.5 Å². The van der Waals surface area contributed by atoms with E-state index in [1.54, 1.807) is 12.1 Å². The second-order valence-corrected chi connectivity index (χ2v) is 8.80. The van der Waals surface area contributed by atoms with Crippen molar-refractivity contribution < 1.29 is 19.1 Å². The number of hydrogen-bond acceptors (Lipinski definition) is 6. The Morgan fingerprint density at radius 1 is 1.03 bits per heavy atom. The van der Waals surface area contributed by atoms with Crippen molar-refractivity contribution in [2.45, 2.75) is 26.8 Å². The Labute approximate surface area is 190 Å². The van der Waals surface area contributed by atoms with Crippen LogP contribution in [-0.2, 0) is 4.79 Å². The maximum absolute atomic E-state index is 12.9. The van der Waals surface area contributed by atoms with Crippen LogP contribution < -0.4 is 20.1 Å². The molecule has 1 aromatic heterocycles. The zero-order valence-corrected chi connectivity index (χ0v) is 19.0. The van der Waals surface area contributed by atoms with Crippen molar-refractivity contribution >= 4 is 28.3 Å². The van der Waals surface area contributed by atoms with Crippen LogP contribution in [0.5, 0.6) is 11.5 Å². The Morgan fingerprint density at radius 3 is 2.47 bits per heavy atom. The summed E-state index contributed by atoms with van der Waals surface area (Å²) in [4.78, 5) is 30.1. The lowest BCUT2D eigenvalue weighted by Crippen LogP contribution is -2.47. The van der Waals surface area contributed by atoms with E-state index in [9.17, 15) is 9.59 Å². The Morgan fingerprint density at radius 2 is 1.75 bits per heavy atom. The van der Waals surface area contributed by atoms with Crippen LogP contribution in [0, 0.1) is 12.8 Å². The summed E-state index contributed by atoms with van der Waals surface area (Å²) < 4.78 is 11.2. The van der Waals surface area contributed by atoms with Gasteiger partial charge in [-0.2, -0.15) is 0 Å². The van der Waals surface area contributed by atoms with Crippen LogP contribution in [0.25, 0.3) is 11.3 Å². The molecule has 8 heteroatoms. The van der Waals surface area contributed by atoms with Gasteiger partial charge in [0, 0.05) is 16.5 Å². The van der Waals surface area contributed by atoms with Gasteiger partial charge in [-0.05, 0) is 43.2 Å². The third kappa shape index (κ3) is 4.91. The van der Waals surface area contributed by atoms with Crippen molar-refractivity contribution in [1.82, 2.24) is 10.3 Å². The van der Waals surface area contributed by atoms with Crippen molar-refractivity contribution in [2.24, 2.45) is 5.92 Å². The number of benzene rings is 2. The third-order valence-corrected chi connectivity index (χ3v) is 5.88. The summed E-state index contributed by atoms with van der Waals surface area (Å²) in [7, 11) is 0. The average Bonchev–Trinajstić information content (AvgIpc) is 3.25. The molecule has 0 saturated carbocycles. The standard InChI is InChI=1S/C24H25N3O4S/c1-14(2)21(26-22(28)16-6-4-15(3)5-7-16)23(29)27-24-25-18(13-32-24)17-8-9-19-20(12-17)31-11-10-30-19/h4-9,12-14,21H,10-11H2,1-3H3,(H,26,28)(H,25,27,29). The molecule has 2 N–H and O–H groups in total. The van der Waals surface area contributed by atoms with Gasteiger partial charge in [0.25, 0.3) is 5.91 Å². The van der Waals surface area contributed by atoms with Crippen molar-refractivity contribution in [3.8, 4) is 22.8 Å². The third-order valence-electron chi connectivity index (χ3n) is 5.12. The monoisotopic (exact) mass is 451 g/mol. The number of thiazole rings is 1. The minimum absolute atomic E-state index is 0.0957. The van der Waals surface area contributed by atoms with Gasteiger partial charge >= 0.3 is 0 Å². The molecule has 4 rings (SSSR count). The first-order chi connectivity index (χ1) is 15.4. The maximum atomic E-state index is 12.9. The minimum Gasteiger partial charge on any atom is -0.486 e. The highest BCUT2D eigenvalue weighted by molar-refractivity contribution is 7.14. The molecule has 1 unspecified atom stereocenters. The van der Waals surface area contributed by atoms with Gasteiger partial charge in [0.1, 0.15) is 19.3 Å². The number of amides is 2. The van der Waals surface area contributed by atoms with E-state index in [4.69, 9.17) is 9.47 Å². The number of aromatic nitrogens is 1. The molecule has 0 aliphatic carbocycles. The molecule has 2 heterocycles. The summed E-state index contributed by atoms with van der Waals surface area (Å²) in [6, 6.07) is 12.2. The predicted octanol–water partition coefficient (Wildman–Crippen LogP) is 4.28. The fourth-order valence-corrected chi connectivity index (χ4v) is 4.04. The van der Waals surface area contributed by atoms with Crippen LogP contribution in [0.15, 0.2) is 47.8 Å². The van der Waals surface area contributed by atoms with Gasteiger partial charge in [-0.25, -0.2) is 4.98 Å². The Hall–Kier alpha value is -3.39. The molecule has 32 heavy (non-hydrogen) atoms. The van der Waals surface area contributed by atoms with Crippen LogP contribution in [0.1, 0.15) is 29.8 Å². The van der Waals surface area contributed by atoms with Crippen LogP contribution in [0.2, 0.25) is 0 Å². The molecule has 0 spiro atoms. The van der Waals surface area contributed by atoms with Gasteiger partial charge in [0.05, 0.1) is 5.69 Å². The van der Waals surface area contributed by atoms with Crippen LogP contribution >= 0.6 is 11.3 Å². The first-order valence-corrected chi connectivity index (χ1v) is 11.3. The molecule has 1 aliphatic heterocycles. The maximum Gasteiger partial charge on any atom is 0.251 e. The number of anilines is 1. The second kappa shape index (κ2) is 9.40. The number of aryl methyl sites for hydroxylation is 1. The summed E-state index contributed by atoms with van der Waals surface area (Å²) in [6.07, 6.45) is 0. The molecule has 3 aromatic rings. The largest absolute Gasteiger partial charge is 0.486 e. The second-order valence-electron chi connectivity index (χ2n) is 7.95. The predicted molar refractivity (Wildman–Crippen MR) is 124 cm³/mol. The topological polar surface area (TPSA) is 89.6 Å². The Balaban J connectivity index is 1.44. The number of rotatable bonds is 6. The van der Waals surface area contributed by atoms with Crippen LogP contribution in [-0.4, -0.2) is 36.1 Å². The molecule has 7 nitrogen and oxygen atoms in total. The SMILES string of the molecule is Cc1ccc(C(=O)NC(C(=O)Nc2nc(-c3ccc4c(c3)OCCO4)cs2)C(C)C)cc1. The van der Waals surface area contributed by atoms with Gasteiger partial charge in [0.2, 0.25) is 5.91 Å². The number of hydrogen-bond donors (Lipinski definition) is 2. The first-order valence-electron chi connectivity index (χ1n) is 10.4. The minimum atomic E-state index is -0.689. The summed E-state index contributed by atoms with van der Waals surface area (Å²) in [6.45, 7) is 6.79. The zero-order valence-electron chi connectivity index (χ0n) is 18.2. The Bertz CT molecular complexity index is 1120. The molecule has 1 aliphatic rings. The molecule has 2 amide bonds. The van der Waals surface area contributed by atoms with Crippen LogP contribution in [0.4, 0.5) is 5.13 Å². The smallest absolute Gasteiger partial charge is 0.251 e. The van der Waals surface area contributed by atoms with E-state index in [1.807, 2.05) is 56.5 Å². The first kappa shape index (κ1) is 21.8. The summed E-state index contributed by atoms with van der Waals surface area (Å²) in [5, 5.41) is 8.02. The fourth-order valence-electron chi connectivity index (χ4n) is 3.31. The van der Waals surface area contributed by atoms with Crippen molar-refractivity contribution in [3.63, 3.8) is 0 Å². The lowest BCUT2D eigenvalue weighted by atomic mass is 10.0. The number of carbonyl (C=O) groups is 2. The van der Waals surface area contributed by atoms with Crippen LogP contribution in [0.3, 0.4) is 0 Å². The quantitative estimate of drug-likeness (QED) is 0.584. The highest BCUT2D eigenvalue weighted by Crippen LogP contribution is 2.35. The number of nitrogens with one attached hydrogen (secondary N) is 2. The molecule has 2 aromatic carbocycles. The van der Waals surface area contributed by atoms with Crippen molar-refractivity contribution in [2.75, 3.05) is 18.5 Å². The van der Waals surface area contributed by atoms with Gasteiger partial charge in [0.15, 0.2) is 16.6 Å². The number of ether oxygens (including phenoxy) is 2. The molecule has 0 saturated heterocycles. The molecule has 1 atom stereocenters. The van der Waals surface area contributed by atoms with Crippen molar-refractivity contribution in [3.05, 3.63) is 59.0 Å². The van der Waals surface area contributed by atoms with E-state index in [2.05, 4.69) is 15.6 Å².